The third-order valence-electron chi connectivity index (χ3n) is 4.74. The van der Waals surface area contributed by atoms with Crippen LogP contribution in [-0.4, -0.2) is 45.7 Å². The Hall–Kier alpha value is -2.65. The lowest BCUT2D eigenvalue weighted by atomic mass is 10.1. The summed E-state index contributed by atoms with van der Waals surface area (Å²) in [5.41, 5.74) is 0.607. The molecule has 146 valence electrons. The summed E-state index contributed by atoms with van der Waals surface area (Å²) in [6, 6.07) is 8.69. The average molecular weight is 403 g/mol. The van der Waals surface area contributed by atoms with Gasteiger partial charge in [0.25, 0.3) is 0 Å². The number of imidazole rings is 1. The molecule has 0 unspecified atom stereocenters. The first kappa shape index (κ1) is 18.7. The van der Waals surface area contributed by atoms with Gasteiger partial charge in [-0.2, -0.15) is 0 Å². The molecule has 28 heavy (non-hydrogen) atoms. The van der Waals surface area contributed by atoms with Crippen LogP contribution in [0, 0.1) is 11.6 Å². The zero-order chi connectivity index (χ0) is 19.7. The van der Waals surface area contributed by atoms with Gasteiger partial charge in [0.1, 0.15) is 23.1 Å². The molecule has 0 aliphatic carbocycles. The van der Waals surface area contributed by atoms with Gasteiger partial charge in [-0.1, -0.05) is 24.1 Å². The smallest absolute Gasteiger partial charge is 0.323 e. The van der Waals surface area contributed by atoms with Crippen molar-refractivity contribution < 1.29 is 13.6 Å². The van der Waals surface area contributed by atoms with Gasteiger partial charge in [0, 0.05) is 19.1 Å². The number of fused-ring (bicyclic) bond motifs is 1. The van der Waals surface area contributed by atoms with E-state index in [-0.39, 0.29) is 23.3 Å². The summed E-state index contributed by atoms with van der Waals surface area (Å²) in [4.78, 5) is 18.6. The average Bonchev–Trinajstić information content (AvgIpc) is 3.30. The number of hydrogen-bond donors (Lipinski definition) is 2. The molecule has 1 atom stereocenters. The van der Waals surface area contributed by atoms with Gasteiger partial charge in [0.2, 0.25) is 0 Å². The highest BCUT2D eigenvalue weighted by molar-refractivity contribution is 7.96. The highest BCUT2D eigenvalue weighted by Gasteiger charge is 2.26. The second kappa shape index (κ2) is 7.76. The first-order chi connectivity index (χ1) is 13.6. The van der Waals surface area contributed by atoms with Crippen molar-refractivity contribution in [1.29, 1.82) is 0 Å². The largest absolute Gasteiger partial charge is 0.323 e. The van der Waals surface area contributed by atoms with E-state index in [0.717, 1.165) is 6.42 Å². The van der Waals surface area contributed by atoms with Gasteiger partial charge in [-0.15, -0.1) is 0 Å². The predicted octanol–water partition coefficient (Wildman–Crippen LogP) is 3.75. The van der Waals surface area contributed by atoms with E-state index in [1.54, 1.807) is 27.5 Å². The van der Waals surface area contributed by atoms with Gasteiger partial charge < -0.3 is 4.90 Å². The molecule has 2 N–H and O–H groups in total. The normalized spacial score (nSPS) is 16.7. The van der Waals surface area contributed by atoms with E-state index in [9.17, 15) is 13.6 Å². The Morgan fingerprint density at radius 3 is 2.71 bits per heavy atom. The summed E-state index contributed by atoms with van der Waals surface area (Å²) in [6.45, 7) is 1.23. The number of carbonyl (C=O) groups excluding carboxylic acids is 1. The van der Waals surface area contributed by atoms with Crippen LogP contribution in [0.3, 0.4) is 0 Å². The number of halogens is 2. The Morgan fingerprint density at radius 2 is 1.96 bits per heavy atom. The Bertz CT molecular complexity index is 1000. The van der Waals surface area contributed by atoms with Crippen molar-refractivity contribution >= 4 is 29.4 Å². The van der Waals surface area contributed by atoms with Gasteiger partial charge in [0.05, 0.1) is 17.5 Å². The van der Waals surface area contributed by atoms with Crippen LogP contribution < -0.4 is 10.0 Å². The van der Waals surface area contributed by atoms with Crippen molar-refractivity contribution in [1.82, 2.24) is 19.0 Å². The topological polar surface area (TPSA) is 61.7 Å². The molecule has 0 spiro atoms. The molecule has 2 aromatic heterocycles. The minimum Gasteiger partial charge on any atom is -0.323 e. The molecule has 1 aliphatic heterocycles. The van der Waals surface area contributed by atoms with Gasteiger partial charge in [-0.05, 0) is 36.9 Å². The molecule has 1 aliphatic rings. The molecule has 3 heterocycles. The maximum Gasteiger partial charge on any atom is 0.323 e. The Labute approximate surface area is 165 Å². The lowest BCUT2D eigenvalue weighted by molar-refractivity contribution is 0.221. The molecule has 2 amide bonds. The number of rotatable bonds is 4. The number of pyridine rings is 1. The first-order valence-corrected chi connectivity index (χ1v) is 10.1. The zero-order valence-corrected chi connectivity index (χ0v) is 16.0. The molecule has 0 saturated carbocycles. The maximum absolute atomic E-state index is 14.3. The van der Waals surface area contributed by atoms with E-state index < -0.39 is 11.6 Å². The van der Waals surface area contributed by atoms with Gasteiger partial charge >= 0.3 is 6.03 Å². The second-order valence-electron chi connectivity index (χ2n) is 6.53. The highest BCUT2D eigenvalue weighted by Crippen LogP contribution is 2.29. The number of carbonyl (C=O) groups is 1. The Balaban J connectivity index is 1.67. The third kappa shape index (κ3) is 3.43. The van der Waals surface area contributed by atoms with Crippen LogP contribution in [-0.2, 0) is 0 Å². The van der Waals surface area contributed by atoms with Crippen molar-refractivity contribution in [3.63, 3.8) is 0 Å². The van der Waals surface area contributed by atoms with Gasteiger partial charge in [0.15, 0.2) is 0 Å². The van der Waals surface area contributed by atoms with E-state index in [4.69, 9.17) is 0 Å². The van der Waals surface area contributed by atoms with Crippen molar-refractivity contribution in [2.45, 2.75) is 12.5 Å². The molecule has 4 rings (SSSR count). The van der Waals surface area contributed by atoms with Crippen LogP contribution in [0.4, 0.5) is 19.4 Å². The van der Waals surface area contributed by atoms with Crippen molar-refractivity contribution in [2.75, 3.05) is 24.7 Å². The maximum atomic E-state index is 14.3. The first-order valence-electron chi connectivity index (χ1n) is 8.84. The van der Waals surface area contributed by atoms with Crippen LogP contribution in [0.15, 0.2) is 42.6 Å². The molecule has 9 heteroatoms. The minimum atomic E-state index is -0.677. The minimum absolute atomic E-state index is 0.160. The monoisotopic (exact) mass is 403 g/mol. The summed E-state index contributed by atoms with van der Waals surface area (Å²) >= 11 is 1.53. The highest BCUT2D eigenvalue weighted by atomic mass is 32.2. The van der Waals surface area contributed by atoms with Crippen LogP contribution in [0.25, 0.3) is 16.9 Å². The van der Waals surface area contributed by atoms with E-state index in [0.29, 0.717) is 24.6 Å². The van der Waals surface area contributed by atoms with Crippen LogP contribution >= 0.6 is 11.9 Å². The predicted molar refractivity (Wildman–Crippen MR) is 106 cm³/mol. The lowest BCUT2D eigenvalue weighted by Crippen LogP contribution is -2.35. The number of nitrogens with zero attached hydrogens (tertiary/aromatic N) is 3. The molecular formula is C19H19F2N5OS. The quantitative estimate of drug-likeness (QED) is 0.652. The standard InChI is InChI=1S/C19H19F2N5OS/c1-28-24-12-8-9-25(11-12)19(27)23-17-10-22-16-7-3-6-15(26(16)17)18-13(20)4-2-5-14(18)21/h2-7,10,12,24H,8-9,11H2,1H3,(H,23,27)/t12-/m0/s1. The summed E-state index contributed by atoms with van der Waals surface area (Å²) in [7, 11) is 0. The lowest BCUT2D eigenvalue weighted by Gasteiger charge is -2.18. The fourth-order valence-corrected chi connectivity index (χ4v) is 3.98. The third-order valence-corrected chi connectivity index (χ3v) is 5.31. The molecule has 1 aromatic carbocycles. The van der Waals surface area contributed by atoms with E-state index >= 15 is 0 Å². The molecule has 3 aromatic rings. The zero-order valence-electron chi connectivity index (χ0n) is 15.2. The number of aromatic nitrogens is 2. The fraction of sp³-hybridized carbons (Fsp3) is 0.263. The number of hydrogen-bond acceptors (Lipinski definition) is 4. The number of likely N-dealkylation sites (tertiary alicyclic amines) is 1. The summed E-state index contributed by atoms with van der Waals surface area (Å²) < 4.78 is 33.5. The van der Waals surface area contributed by atoms with E-state index in [1.807, 2.05) is 6.26 Å². The summed E-state index contributed by atoms with van der Waals surface area (Å²) in [5.74, 6) is -0.993. The number of amides is 2. The second-order valence-corrected chi connectivity index (χ2v) is 7.17. The van der Waals surface area contributed by atoms with Crippen molar-refractivity contribution in [2.24, 2.45) is 0 Å². The number of nitrogens with one attached hydrogen (secondary N) is 2. The fourth-order valence-electron chi connectivity index (χ4n) is 3.46. The van der Waals surface area contributed by atoms with Crippen molar-refractivity contribution in [3.05, 3.63) is 54.2 Å². The van der Waals surface area contributed by atoms with Crippen LogP contribution in [0.5, 0.6) is 0 Å². The number of anilines is 1. The van der Waals surface area contributed by atoms with E-state index in [2.05, 4.69) is 15.0 Å². The Morgan fingerprint density at radius 1 is 1.21 bits per heavy atom. The van der Waals surface area contributed by atoms with Gasteiger partial charge in [-0.25, -0.2) is 18.6 Å². The van der Waals surface area contributed by atoms with Crippen molar-refractivity contribution in [3.8, 4) is 11.3 Å². The molecule has 1 fully saturated rings. The number of benzene rings is 1. The molecular weight excluding hydrogens is 384 g/mol. The van der Waals surface area contributed by atoms with Crippen LogP contribution in [0.2, 0.25) is 0 Å². The summed E-state index contributed by atoms with van der Waals surface area (Å²) in [5, 5.41) is 2.83. The van der Waals surface area contributed by atoms with Crippen LogP contribution in [0.1, 0.15) is 6.42 Å². The number of urea groups is 1. The molecule has 0 radical (unpaired) electrons. The summed E-state index contributed by atoms with van der Waals surface area (Å²) in [6.07, 6.45) is 4.31. The van der Waals surface area contributed by atoms with E-state index in [1.165, 1.54) is 36.3 Å². The molecule has 6 nitrogen and oxygen atoms in total. The molecule has 1 saturated heterocycles. The Kier molecular flexibility index (Phi) is 5.19. The molecule has 0 bridgehead atoms. The SMILES string of the molecule is CSN[C@H]1CCN(C(=O)Nc2cnc3cccc(-c4c(F)cccc4F)n23)C1. The van der Waals surface area contributed by atoms with Gasteiger partial charge in [-0.3, -0.25) is 14.4 Å².